The second-order valence-corrected chi connectivity index (χ2v) is 10.1. The van der Waals surface area contributed by atoms with Crippen LogP contribution in [0.3, 0.4) is 0 Å². The first-order valence-corrected chi connectivity index (χ1v) is 11.6. The molecule has 0 fully saturated rings. The lowest BCUT2D eigenvalue weighted by molar-refractivity contribution is 0.102. The summed E-state index contributed by atoms with van der Waals surface area (Å²) in [5.74, 6) is -0.565. The smallest absolute Gasteiger partial charge is 0.259 e. The Bertz CT molecular complexity index is 1180. The van der Waals surface area contributed by atoms with Crippen molar-refractivity contribution >= 4 is 67.2 Å². The van der Waals surface area contributed by atoms with Crippen LogP contribution in [0.15, 0.2) is 47.5 Å². The predicted octanol–water partition coefficient (Wildman–Crippen LogP) is 4.85. The van der Waals surface area contributed by atoms with Crippen LogP contribution < -0.4 is 10.0 Å². The number of carbonyl (C=O) groups excluding carboxylic acids is 1. The average Bonchev–Trinajstić information content (AvgIpc) is 3.11. The van der Waals surface area contributed by atoms with Gasteiger partial charge in [0.05, 0.1) is 15.5 Å². The van der Waals surface area contributed by atoms with E-state index in [-0.39, 0.29) is 15.5 Å². The highest BCUT2D eigenvalue weighted by atomic mass is 35.5. The number of nitrogens with one attached hydrogen (secondary N) is 2. The summed E-state index contributed by atoms with van der Waals surface area (Å²) in [6.45, 7) is 0. The van der Waals surface area contributed by atoms with Gasteiger partial charge >= 0.3 is 0 Å². The van der Waals surface area contributed by atoms with Crippen molar-refractivity contribution in [1.82, 2.24) is 9.71 Å². The predicted molar refractivity (Wildman–Crippen MR) is 117 cm³/mol. The zero-order valence-corrected chi connectivity index (χ0v) is 18.8. The molecule has 0 aliphatic carbocycles. The van der Waals surface area contributed by atoms with Crippen molar-refractivity contribution in [3.63, 3.8) is 0 Å². The number of sulfonamides is 1. The fourth-order valence-corrected chi connectivity index (χ4v) is 4.61. The fourth-order valence-electron chi connectivity index (χ4n) is 2.44. The number of hydrogen-bond acceptors (Lipinski definition) is 5. The number of benzene rings is 2. The second-order valence-electron chi connectivity index (χ2n) is 5.85. The molecular weight excluding hydrogens is 477 g/mol. The van der Waals surface area contributed by atoms with Crippen molar-refractivity contribution in [2.45, 2.75) is 11.3 Å². The number of amides is 1. The average molecular weight is 491 g/mol. The molecule has 0 radical (unpaired) electrons. The Kier molecular flexibility index (Phi) is 6.83. The molecule has 0 spiro atoms. The molecule has 29 heavy (non-hydrogen) atoms. The molecule has 0 unspecified atom stereocenters. The van der Waals surface area contributed by atoms with E-state index < -0.39 is 15.9 Å². The first-order chi connectivity index (χ1) is 13.7. The first-order valence-electron chi connectivity index (χ1n) is 8.12. The lowest BCUT2D eigenvalue weighted by Gasteiger charge is -2.07. The van der Waals surface area contributed by atoms with Crippen molar-refractivity contribution in [1.29, 1.82) is 0 Å². The molecule has 1 heterocycles. The third kappa shape index (κ3) is 5.28. The van der Waals surface area contributed by atoms with Crippen LogP contribution >= 0.6 is 46.1 Å². The fraction of sp³-hybridized carbons (Fsp3) is 0.111. The van der Waals surface area contributed by atoms with Gasteiger partial charge in [0.25, 0.3) is 5.91 Å². The number of carbonyl (C=O) groups is 1. The van der Waals surface area contributed by atoms with Gasteiger partial charge in [-0.1, -0.05) is 34.8 Å². The Morgan fingerprint density at radius 3 is 2.55 bits per heavy atom. The van der Waals surface area contributed by atoms with Gasteiger partial charge in [-0.2, -0.15) is 0 Å². The lowest BCUT2D eigenvalue weighted by Crippen LogP contribution is -2.20. The summed E-state index contributed by atoms with van der Waals surface area (Å²) in [6, 6.07) is 9.09. The molecular formula is C18H14Cl3N3O3S2. The number of aromatic nitrogens is 1. The van der Waals surface area contributed by atoms with Crippen LogP contribution in [0.4, 0.5) is 5.13 Å². The standard InChI is InChI=1S/C18H14Cl3N3O3S2/c1-22-29(26,27)13-3-5-16(21)14(8-13)17(25)24-18-23-9-12(28-18)7-10-6-11(19)2-4-15(10)20/h2-6,8-9,22H,7H2,1H3,(H,23,24,25). The van der Waals surface area contributed by atoms with Crippen molar-refractivity contribution in [3.8, 4) is 0 Å². The maximum atomic E-state index is 12.6. The summed E-state index contributed by atoms with van der Waals surface area (Å²) in [7, 11) is -2.42. The number of halogens is 3. The minimum absolute atomic E-state index is 0.0256. The molecule has 2 N–H and O–H groups in total. The molecule has 3 rings (SSSR count). The summed E-state index contributed by atoms with van der Waals surface area (Å²) >= 11 is 19.5. The van der Waals surface area contributed by atoms with Crippen molar-refractivity contribution in [3.05, 3.63) is 73.7 Å². The van der Waals surface area contributed by atoms with Crippen LogP contribution in [0.2, 0.25) is 15.1 Å². The molecule has 6 nitrogen and oxygen atoms in total. The van der Waals surface area contributed by atoms with E-state index >= 15 is 0 Å². The number of rotatable bonds is 6. The van der Waals surface area contributed by atoms with E-state index in [0.717, 1.165) is 10.4 Å². The zero-order chi connectivity index (χ0) is 21.2. The number of anilines is 1. The highest BCUT2D eigenvalue weighted by molar-refractivity contribution is 7.89. The molecule has 1 amide bonds. The van der Waals surface area contributed by atoms with Crippen molar-refractivity contribution < 1.29 is 13.2 Å². The monoisotopic (exact) mass is 489 g/mol. The molecule has 0 saturated carbocycles. The Labute approximate surface area is 186 Å². The molecule has 2 aromatic carbocycles. The van der Waals surface area contributed by atoms with E-state index in [1.165, 1.54) is 36.6 Å². The van der Waals surface area contributed by atoms with Gasteiger partial charge < -0.3 is 0 Å². The number of thiazole rings is 1. The van der Waals surface area contributed by atoms with E-state index in [1.807, 2.05) is 0 Å². The molecule has 3 aromatic rings. The lowest BCUT2D eigenvalue weighted by atomic mass is 10.1. The molecule has 1 aromatic heterocycles. The summed E-state index contributed by atoms with van der Waals surface area (Å²) in [4.78, 5) is 17.6. The van der Waals surface area contributed by atoms with Gasteiger partial charge in [-0.25, -0.2) is 18.1 Å². The van der Waals surface area contributed by atoms with Gasteiger partial charge in [0, 0.05) is 27.5 Å². The Hall–Kier alpha value is -1.68. The second kappa shape index (κ2) is 8.99. The number of nitrogens with zero attached hydrogens (tertiary/aromatic N) is 1. The van der Waals surface area contributed by atoms with Crippen molar-refractivity contribution in [2.75, 3.05) is 12.4 Å². The molecule has 0 atom stereocenters. The molecule has 0 saturated heterocycles. The van der Waals surface area contributed by atoms with E-state index in [2.05, 4.69) is 15.0 Å². The Morgan fingerprint density at radius 1 is 1.10 bits per heavy atom. The molecule has 0 aliphatic heterocycles. The highest BCUT2D eigenvalue weighted by Gasteiger charge is 2.18. The maximum absolute atomic E-state index is 12.6. The van der Waals surface area contributed by atoms with Crippen LogP contribution in [0, 0.1) is 0 Å². The van der Waals surface area contributed by atoms with Gasteiger partial charge in [0.15, 0.2) is 5.13 Å². The SMILES string of the molecule is CNS(=O)(=O)c1ccc(Cl)c(C(=O)Nc2ncc(Cc3cc(Cl)ccc3Cl)s2)c1. The van der Waals surface area contributed by atoms with E-state index in [0.29, 0.717) is 21.6 Å². The summed E-state index contributed by atoms with van der Waals surface area (Å²) < 4.78 is 26.1. The highest BCUT2D eigenvalue weighted by Crippen LogP contribution is 2.28. The van der Waals surface area contributed by atoms with E-state index in [9.17, 15) is 13.2 Å². The third-order valence-corrected chi connectivity index (χ3v) is 7.17. The van der Waals surface area contributed by atoms with Gasteiger partial charge in [-0.15, -0.1) is 11.3 Å². The summed E-state index contributed by atoms with van der Waals surface area (Å²) in [5, 5.41) is 4.27. The van der Waals surface area contributed by atoms with E-state index in [1.54, 1.807) is 24.4 Å². The first kappa shape index (κ1) is 22.0. The maximum Gasteiger partial charge on any atom is 0.259 e. The largest absolute Gasteiger partial charge is 0.298 e. The van der Waals surface area contributed by atoms with Gasteiger partial charge in [0.1, 0.15) is 0 Å². The third-order valence-electron chi connectivity index (χ3n) is 3.91. The molecule has 0 aliphatic rings. The van der Waals surface area contributed by atoms with Gasteiger partial charge in [-0.05, 0) is 49.0 Å². The minimum atomic E-state index is -3.71. The quantitative estimate of drug-likeness (QED) is 0.517. The van der Waals surface area contributed by atoms with Gasteiger partial charge in [0.2, 0.25) is 10.0 Å². The topological polar surface area (TPSA) is 88.2 Å². The number of hydrogen-bond donors (Lipinski definition) is 2. The molecule has 11 heteroatoms. The van der Waals surface area contributed by atoms with Crippen LogP contribution in [0.25, 0.3) is 0 Å². The molecule has 0 bridgehead atoms. The van der Waals surface area contributed by atoms with Crippen LogP contribution in [0.5, 0.6) is 0 Å². The van der Waals surface area contributed by atoms with Crippen LogP contribution in [-0.4, -0.2) is 26.4 Å². The normalized spacial score (nSPS) is 11.4. The Balaban J connectivity index is 1.79. The van der Waals surface area contributed by atoms with Crippen LogP contribution in [-0.2, 0) is 16.4 Å². The van der Waals surface area contributed by atoms with E-state index in [4.69, 9.17) is 34.8 Å². The Morgan fingerprint density at radius 2 is 1.83 bits per heavy atom. The summed E-state index contributed by atoms with van der Waals surface area (Å²) in [5.41, 5.74) is 0.867. The van der Waals surface area contributed by atoms with Crippen molar-refractivity contribution in [2.24, 2.45) is 0 Å². The van der Waals surface area contributed by atoms with Crippen LogP contribution in [0.1, 0.15) is 20.8 Å². The minimum Gasteiger partial charge on any atom is -0.298 e. The summed E-state index contributed by atoms with van der Waals surface area (Å²) in [6.07, 6.45) is 2.13. The van der Waals surface area contributed by atoms with Gasteiger partial charge in [-0.3, -0.25) is 10.1 Å². The molecule has 152 valence electrons. The zero-order valence-electron chi connectivity index (χ0n) is 14.9.